The summed E-state index contributed by atoms with van der Waals surface area (Å²) in [6.45, 7) is 3.80. The first-order valence-corrected chi connectivity index (χ1v) is 11.0. The first kappa shape index (κ1) is 21.3. The first-order valence-electron chi connectivity index (χ1n) is 11.0. The van der Waals surface area contributed by atoms with Crippen molar-refractivity contribution in [1.82, 2.24) is 0 Å². The van der Waals surface area contributed by atoms with Gasteiger partial charge in [-0.2, -0.15) is 0 Å². The number of hydrogen-bond acceptors (Lipinski definition) is 5. The van der Waals surface area contributed by atoms with Crippen molar-refractivity contribution in [3.8, 4) is 0 Å². The summed E-state index contributed by atoms with van der Waals surface area (Å²) in [5, 5.41) is 10.9. The summed E-state index contributed by atoms with van der Waals surface area (Å²) in [5.41, 5.74) is 2.13. The number of hydrogen-bond donors (Lipinski definition) is 1. The maximum Gasteiger partial charge on any atom is 0.190 e. The third-order valence-corrected chi connectivity index (χ3v) is 6.12. The van der Waals surface area contributed by atoms with E-state index < -0.39 is 36.0 Å². The molecule has 0 unspecified atom stereocenters. The van der Waals surface area contributed by atoms with Gasteiger partial charge < -0.3 is 24.1 Å². The smallest absolute Gasteiger partial charge is 0.190 e. The van der Waals surface area contributed by atoms with Gasteiger partial charge in [-0.1, -0.05) is 91.0 Å². The van der Waals surface area contributed by atoms with Gasteiger partial charge in [0, 0.05) is 0 Å². The molecule has 166 valence electrons. The average molecular weight is 433 g/mol. The lowest BCUT2D eigenvalue weighted by molar-refractivity contribution is -0.223. The zero-order valence-electron chi connectivity index (χ0n) is 18.3. The molecule has 0 spiro atoms. The molecule has 2 saturated heterocycles. The molecule has 3 aromatic rings. The van der Waals surface area contributed by atoms with Gasteiger partial charge in [-0.3, -0.25) is 0 Å². The molecule has 4 atom stereocenters. The number of fused-ring (bicyclic) bond motifs is 1. The molecule has 0 bridgehead atoms. The molecule has 0 amide bonds. The fraction of sp³-hybridized carbons (Fsp3) is 0.333. The summed E-state index contributed by atoms with van der Waals surface area (Å²) in [5.74, 6) is -0.774. The third kappa shape index (κ3) is 3.76. The molecule has 0 saturated carbocycles. The highest BCUT2D eigenvalue weighted by molar-refractivity contribution is 5.47. The lowest BCUT2D eigenvalue weighted by Gasteiger charge is -2.37. The molecule has 2 aliphatic heterocycles. The second-order valence-electron chi connectivity index (χ2n) is 8.72. The summed E-state index contributed by atoms with van der Waals surface area (Å²) < 4.78 is 24.4. The standard InChI is InChI=1S/C27H28O5/c1-26(2)31-24-23(28)22(30-25(24)32-26)18-29-27(19-12-6-3-7-13-19,20-14-8-4-9-15-20)21-16-10-5-11-17-21/h3-17,22-25,28H,18H2,1-2H3/t22-,23-,24+,25+/m1/s1. The first-order chi connectivity index (χ1) is 15.5. The van der Waals surface area contributed by atoms with E-state index in [1.807, 2.05) is 68.4 Å². The summed E-state index contributed by atoms with van der Waals surface area (Å²) in [7, 11) is 0. The van der Waals surface area contributed by atoms with Crippen molar-refractivity contribution in [2.75, 3.05) is 6.61 Å². The Morgan fingerprint density at radius 3 is 1.69 bits per heavy atom. The van der Waals surface area contributed by atoms with E-state index in [0.29, 0.717) is 0 Å². The monoisotopic (exact) mass is 432 g/mol. The largest absolute Gasteiger partial charge is 0.387 e. The molecule has 32 heavy (non-hydrogen) atoms. The van der Waals surface area contributed by atoms with E-state index in [1.165, 1.54) is 0 Å². The van der Waals surface area contributed by atoms with Gasteiger partial charge in [-0.25, -0.2) is 0 Å². The molecule has 5 rings (SSSR count). The predicted molar refractivity (Wildman–Crippen MR) is 120 cm³/mol. The zero-order valence-corrected chi connectivity index (χ0v) is 18.3. The molecule has 5 heteroatoms. The quantitative estimate of drug-likeness (QED) is 0.591. The van der Waals surface area contributed by atoms with Crippen molar-refractivity contribution in [3.63, 3.8) is 0 Å². The van der Waals surface area contributed by atoms with E-state index in [2.05, 4.69) is 36.4 Å². The Hall–Kier alpha value is -2.54. The average Bonchev–Trinajstić information content (AvgIpc) is 3.28. The van der Waals surface area contributed by atoms with Crippen molar-refractivity contribution in [1.29, 1.82) is 0 Å². The molecule has 5 nitrogen and oxygen atoms in total. The van der Waals surface area contributed by atoms with Crippen LogP contribution >= 0.6 is 0 Å². The van der Waals surface area contributed by atoms with Crippen LogP contribution in [0.3, 0.4) is 0 Å². The Labute approximate surface area is 188 Å². The molecular weight excluding hydrogens is 404 g/mol. The van der Waals surface area contributed by atoms with E-state index >= 15 is 0 Å². The van der Waals surface area contributed by atoms with Gasteiger partial charge in [0.25, 0.3) is 0 Å². The summed E-state index contributed by atoms with van der Waals surface area (Å²) in [6, 6.07) is 30.4. The second-order valence-corrected chi connectivity index (χ2v) is 8.72. The van der Waals surface area contributed by atoms with Crippen LogP contribution in [-0.4, -0.2) is 42.1 Å². The van der Waals surface area contributed by atoms with E-state index in [1.54, 1.807) is 0 Å². The Bertz CT molecular complexity index is 925. The number of aliphatic hydroxyl groups excluding tert-OH is 1. The number of ether oxygens (including phenoxy) is 4. The number of aliphatic hydroxyl groups is 1. The van der Waals surface area contributed by atoms with Gasteiger partial charge in [-0.15, -0.1) is 0 Å². The van der Waals surface area contributed by atoms with E-state index in [9.17, 15) is 5.11 Å². The van der Waals surface area contributed by atoms with E-state index in [0.717, 1.165) is 16.7 Å². The van der Waals surface area contributed by atoms with Crippen LogP contribution in [0.4, 0.5) is 0 Å². The van der Waals surface area contributed by atoms with Crippen LogP contribution in [-0.2, 0) is 24.5 Å². The Morgan fingerprint density at radius 2 is 1.25 bits per heavy atom. The maximum atomic E-state index is 10.9. The fourth-order valence-corrected chi connectivity index (χ4v) is 4.67. The zero-order chi connectivity index (χ0) is 22.2. The molecule has 2 aliphatic rings. The Balaban J connectivity index is 1.51. The highest BCUT2D eigenvalue weighted by atomic mass is 16.8. The molecule has 0 aromatic heterocycles. The SMILES string of the molecule is CC1(C)O[C@@H]2O[C@H](COC(c3ccccc3)(c3ccccc3)c3ccccc3)[C@@H](O)[C@@H]2O1. The van der Waals surface area contributed by atoms with Gasteiger partial charge in [-0.05, 0) is 30.5 Å². The van der Waals surface area contributed by atoms with Crippen molar-refractivity contribution < 1.29 is 24.1 Å². The molecule has 3 aromatic carbocycles. The molecule has 0 aliphatic carbocycles. The summed E-state index contributed by atoms with van der Waals surface area (Å²) in [4.78, 5) is 0. The Kier molecular flexibility index (Phi) is 5.61. The van der Waals surface area contributed by atoms with E-state index in [-0.39, 0.29) is 6.61 Å². The van der Waals surface area contributed by atoms with Crippen LogP contribution in [0.25, 0.3) is 0 Å². The van der Waals surface area contributed by atoms with Crippen molar-refractivity contribution in [3.05, 3.63) is 108 Å². The van der Waals surface area contributed by atoms with Crippen LogP contribution in [0.1, 0.15) is 30.5 Å². The predicted octanol–water partition coefficient (Wildman–Crippen LogP) is 4.23. The van der Waals surface area contributed by atoms with Crippen LogP contribution in [0.15, 0.2) is 91.0 Å². The molecule has 1 N–H and O–H groups in total. The minimum Gasteiger partial charge on any atom is -0.387 e. The molecule has 2 heterocycles. The Morgan fingerprint density at radius 1 is 0.781 bits per heavy atom. The van der Waals surface area contributed by atoms with Crippen LogP contribution in [0.2, 0.25) is 0 Å². The van der Waals surface area contributed by atoms with Gasteiger partial charge in [0.05, 0.1) is 6.61 Å². The van der Waals surface area contributed by atoms with Gasteiger partial charge in [0.1, 0.15) is 23.9 Å². The molecular formula is C27H28O5. The fourth-order valence-electron chi connectivity index (χ4n) is 4.67. The summed E-state index contributed by atoms with van der Waals surface area (Å²) in [6.07, 6.45) is -2.55. The lowest BCUT2D eigenvalue weighted by atomic mass is 9.80. The van der Waals surface area contributed by atoms with Gasteiger partial charge >= 0.3 is 0 Å². The van der Waals surface area contributed by atoms with Crippen molar-refractivity contribution >= 4 is 0 Å². The normalized spacial score (nSPS) is 26.7. The maximum absolute atomic E-state index is 10.9. The highest BCUT2D eigenvalue weighted by Crippen LogP contribution is 2.42. The van der Waals surface area contributed by atoms with E-state index in [4.69, 9.17) is 18.9 Å². The van der Waals surface area contributed by atoms with Crippen LogP contribution < -0.4 is 0 Å². The van der Waals surface area contributed by atoms with Crippen LogP contribution in [0.5, 0.6) is 0 Å². The summed E-state index contributed by atoms with van der Waals surface area (Å²) >= 11 is 0. The van der Waals surface area contributed by atoms with Crippen LogP contribution in [0, 0.1) is 0 Å². The second kappa shape index (κ2) is 8.43. The van der Waals surface area contributed by atoms with Gasteiger partial charge in [0.2, 0.25) is 0 Å². The number of benzene rings is 3. The topological polar surface area (TPSA) is 57.2 Å². The third-order valence-electron chi connectivity index (χ3n) is 6.12. The lowest BCUT2D eigenvalue weighted by Crippen LogP contribution is -2.40. The molecule has 0 radical (unpaired) electrons. The molecule has 2 fully saturated rings. The minimum atomic E-state index is -0.869. The van der Waals surface area contributed by atoms with Crippen molar-refractivity contribution in [2.45, 2.75) is 49.8 Å². The number of rotatable bonds is 6. The van der Waals surface area contributed by atoms with Crippen molar-refractivity contribution in [2.24, 2.45) is 0 Å². The minimum absolute atomic E-state index is 0.167. The highest BCUT2D eigenvalue weighted by Gasteiger charge is 2.54. The van der Waals surface area contributed by atoms with Gasteiger partial charge in [0.15, 0.2) is 12.1 Å².